The number of carboxylic acid groups (broad SMARTS) is 1. The van der Waals surface area contributed by atoms with E-state index >= 15 is 0 Å². The zero-order valence-electron chi connectivity index (χ0n) is 12.7. The van der Waals surface area contributed by atoms with Gasteiger partial charge in [0.1, 0.15) is 11.9 Å². The predicted octanol–water partition coefficient (Wildman–Crippen LogP) is 3.27. The summed E-state index contributed by atoms with van der Waals surface area (Å²) in [5.41, 5.74) is 0.704. The molecule has 22 heavy (non-hydrogen) atoms. The summed E-state index contributed by atoms with van der Waals surface area (Å²) in [6.45, 7) is 4.78. The Balaban J connectivity index is 1.88. The average Bonchev–Trinajstić information content (AvgIpc) is 2.45. The largest absolute Gasteiger partial charge is 0.490 e. The Kier molecular flexibility index (Phi) is 3.74. The van der Waals surface area contributed by atoms with Crippen LogP contribution in [0.2, 0.25) is 0 Å². The lowest BCUT2D eigenvalue weighted by Gasteiger charge is -2.35. The van der Waals surface area contributed by atoms with Crippen molar-refractivity contribution in [1.29, 1.82) is 0 Å². The maximum absolute atomic E-state index is 11.3. The lowest BCUT2D eigenvalue weighted by Crippen LogP contribution is -2.39. The highest BCUT2D eigenvalue weighted by molar-refractivity contribution is 6.02. The number of hydrogen-bond acceptors (Lipinski definition) is 4. The summed E-state index contributed by atoms with van der Waals surface area (Å²) in [5, 5.41) is 9.87. The Morgan fingerprint density at radius 3 is 2.95 bits per heavy atom. The standard InChI is InChI=1S/C17H19NO4/c1-17(2)10-12(6-8-21-17)22-11-3-4-15-14(9-11)13(16(19)20)5-7-18-15/h3-5,7,9,12H,6,8,10H2,1-2H3,(H,19,20). The molecular formula is C17H19NO4. The van der Waals surface area contributed by atoms with E-state index in [-0.39, 0.29) is 17.3 Å². The van der Waals surface area contributed by atoms with Crippen LogP contribution in [0.15, 0.2) is 30.5 Å². The number of pyridine rings is 1. The molecular weight excluding hydrogens is 282 g/mol. The molecule has 2 aromatic rings. The minimum absolute atomic E-state index is 0.0751. The first-order chi connectivity index (χ1) is 10.4. The van der Waals surface area contributed by atoms with Crippen LogP contribution < -0.4 is 4.74 Å². The van der Waals surface area contributed by atoms with Gasteiger partial charge in [0.05, 0.1) is 23.3 Å². The fourth-order valence-corrected chi connectivity index (χ4v) is 2.85. The van der Waals surface area contributed by atoms with Crippen molar-refractivity contribution in [1.82, 2.24) is 4.98 Å². The molecule has 0 amide bonds. The molecule has 0 aliphatic carbocycles. The van der Waals surface area contributed by atoms with E-state index in [1.54, 1.807) is 12.1 Å². The molecule has 1 atom stereocenters. The monoisotopic (exact) mass is 301 g/mol. The Labute approximate surface area is 128 Å². The Morgan fingerprint density at radius 2 is 2.23 bits per heavy atom. The van der Waals surface area contributed by atoms with Crippen LogP contribution >= 0.6 is 0 Å². The number of ether oxygens (including phenoxy) is 2. The molecule has 3 rings (SSSR count). The van der Waals surface area contributed by atoms with Crippen LogP contribution in [0.4, 0.5) is 0 Å². The molecule has 1 N–H and O–H groups in total. The first-order valence-electron chi connectivity index (χ1n) is 7.37. The molecule has 1 fully saturated rings. The topological polar surface area (TPSA) is 68.7 Å². The van der Waals surface area contributed by atoms with Gasteiger partial charge < -0.3 is 14.6 Å². The van der Waals surface area contributed by atoms with Gasteiger partial charge in [0, 0.05) is 24.4 Å². The molecule has 5 nitrogen and oxygen atoms in total. The van der Waals surface area contributed by atoms with Gasteiger partial charge >= 0.3 is 5.97 Å². The van der Waals surface area contributed by atoms with Crippen LogP contribution in [0, 0.1) is 0 Å². The highest BCUT2D eigenvalue weighted by Crippen LogP contribution is 2.29. The van der Waals surface area contributed by atoms with Gasteiger partial charge in [-0.25, -0.2) is 4.79 Å². The molecule has 0 saturated carbocycles. The zero-order chi connectivity index (χ0) is 15.7. The van der Waals surface area contributed by atoms with Crippen molar-refractivity contribution in [3.63, 3.8) is 0 Å². The summed E-state index contributed by atoms with van der Waals surface area (Å²) >= 11 is 0. The Bertz CT molecular complexity index is 711. The predicted molar refractivity (Wildman–Crippen MR) is 82.4 cm³/mol. The average molecular weight is 301 g/mol. The number of rotatable bonds is 3. The van der Waals surface area contributed by atoms with Gasteiger partial charge in [-0.2, -0.15) is 0 Å². The van der Waals surface area contributed by atoms with Crippen LogP contribution in [0.5, 0.6) is 5.75 Å². The highest BCUT2D eigenvalue weighted by Gasteiger charge is 2.30. The van der Waals surface area contributed by atoms with Gasteiger partial charge in [-0.05, 0) is 38.1 Å². The molecule has 1 aliphatic rings. The van der Waals surface area contributed by atoms with E-state index in [4.69, 9.17) is 9.47 Å². The number of benzene rings is 1. The summed E-state index contributed by atoms with van der Waals surface area (Å²) in [5.74, 6) is -0.289. The quantitative estimate of drug-likeness (QED) is 0.942. The summed E-state index contributed by atoms with van der Waals surface area (Å²) < 4.78 is 11.7. The molecule has 0 spiro atoms. The second-order valence-electron chi connectivity index (χ2n) is 6.18. The van der Waals surface area contributed by atoms with Crippen LogP contribution in [0.3, 0.4) is 0 Å². The molecule has 1 aromatic heterocycles. The molecule has 1 aliphatic heterocycles. The zero-order valence-corrected chi connectivity index (χ0v) is 12.7. The van der Waals surface area contributed by atoms with Crippen molar-refractivity contribution in [3.05, 3.63) is 36.0 Å². The number of carbonyl (C=O) groups is 1. The van der Waals surface area contributed by atoms with Crippen molar-refractivity contribution in [2.24, 2.45) is 0 Å². The van der Waals surface area contributed by atoms with Crippen molar-refractivity contribution in [2.75, 3.05) is 6.61 Å². The number of fused-ring (bicyclic) bond motifs is 1. The summed E-state index contributed by atoms with van der Waals surface area (Å²) in [7, 11) is 0. The van der Waals surface area contributed by atoms with E-state index in [9.17, 15) is 9.90 Å². The van der Waals surface area contributed by atoms with Gasteiger partial charge in [-0.1, -0.05) is 0 Å². The molecule has 116 valence electrons. The van der Waals surface area contributed by atoms with Gasteiger partial charge in [0.2, 0.25) is 0 Å². The molecule has 1 saturated heterocycles. The number of aromatic carboxylic acids is 1. The number of aromatic nitrogens is 1. The molecule has 0 radical (unpaired) electrons. The van der Waals surface area contributed by atoms with E-state index in [0.717, 1.165) is 12.8 Å². The van der Waals surface area contributed by atoms with Crippen LogP contribution in [0.25, 0.3) is 10.9 Å². The van der Waals surface area contributed by atoms with E-state index in [0.29, 0.717) is 23.3 Å². The van der Waals surface area contributed by atoms with Crippen molar-refractivity contribution < 1.29 is 19.4 Å². The van der Waals surface area contributed by atoms with Crippen molar-refractivity contribution in [3.8, 4) is 5.75 Å². The molecule has 2 heterocycles. The maximum Gasteiger partial charge on any atom is 0.336 e. The number of carboxylic acids is 1. The smallest absolute Gasteiger partial charge is 0.336 e. The van der Waals surface area contributed by atoms with E-state index in [1.165, 1.54) is 12.3 Å². The maximum atomic E-state index is 11.3. The SMILES string of the molecule is CC1(C)CC(Oc2ccc3nccc(C(=O)O)c3c2)CCO1. The van der Waals surface area contributed by atoms with Crippen LogP contribution in [-0.2, 0) is 4.74 Å². The number of nitrogens with zero attached hydrogens (tertiary/aromatic N) is 1. The molecule has 0 bridgehead atoms. The first-order valence-corrected chi connectivity index (χ1v) is 7.37. The van der Waals surface area contributed by atoms with Crippen LogP contribution in [0.1, 0.15) is 37.0 Å². The third-order valence-electron chi connectivity index (χ3n) is 3.90. The van der Waals surface area contributed by atoms with Gasteiger partial charge in [-0.3, -0.25) is 4.98 Å². The second kappa shape index (κ2) is 5.57. The lowest BCUT2D eigenvalue weighted by atomic mass is 9.96. The minimum atomic E-state index is -0.961. The van der Waals surface area contributed by atoms with E-state index in [2.05, 4.69) is 18.8 Å². The third kappa shape index (κ3) is 3.04. The van der Waals surface area contributed by atoms with Crippen molar-refractivity contribution in [2.45, 2.75) is 38.4 Å². The Hall–Kier alpha value is -2.14. The Morgan fingerprint density at radius 1 is 1.41 bits per heavy atom. The molecule has 5 heteroatoms. The fraction of sp³-hybridized carbons (Fsp3) is 0.412. The summed E-state index contributed by atoms with van der Waals surface area (Å²) in [6, 6.07) is 6.89. The molecule has 1 aromatic carbocycles. The van der Waals surface area contributed by atoms with Gasteiger partial charge in [0.15, 0.2) is 0 Å². The normalized spacial score (nSPS) is 20.7. The third-order valence-corrected chi connectivity index (χ3v) is 3.90. The highest BCUT2D eigenvalue weighted by atomic mass is 16.5. The summed E-state index contributed by atoms with van der Waals surface area (Å²) in [6.07, 6.45) is 3.23. The van der Waals surface area contributed by atoms with E-state index < -0.39 is 5.97 Å². The minimum Gasteiger partial charge on any atom is -0.490 e. The van der Waals surface area contributed by atoms with Crippen molar-refractivity contribution >= 4 is 16.9 Å². The van der Waals surface area contributed by atoms with E-state index in [1.807, 2.05) is 6.07 Å². The fourth-order valence-electron chi connectivity index (χ4n) is 2.85. The van der Waals surface area contributed by atoms with Crippen LogP contribution in [-0.4, -0.2) is 34.4 Å². The first kappa shape index (κ1) is 14.8. The number of hydrogen-bond donors (Lipinski definition) is 1. The van der Waals surface area contributed by atoms with Gasteiger partial charge in [-0.15, -0.1) is 0 Å². The van der Waals surface area contributed by atoms with Gasteiger partial charge in [0.25, 0.3) is 0 Å². The molecule has 1 unspecified atom stereocenters. The lowest BCUT2D eigenvalue weighted by molar-refractivity contribution is -0.0896. The summed E-state index contributed by atoms with van der Waals surface area (Å²) in [4.78, 5) is 15.5. The second-order valence-corrected chi connectivity index (χ2v) is 6.18.